The Morgan fingerprint density at radius 3 is 2.45 bits per heavy atom. The highest BCUT2D eigenvalue weighted by molar-refractivity contribution is 5.93. The Morgan fingerprint density at radius 1 is 1.23 bits per heavy atom. The van der Waals surface area contributed by atoms with E-state index in [9.17, 15) is 9.59 Å². The number of hydrogen-bond acceptors (Lipinski definition) is 3. The van der Waals surface area contributed by atoms with E-state index in [0.29, 0.717) is 11.5 Å². The standard InChI is InChI=1S/C18H23NO3/c1-6-9-19-17(20)11-22-18(21)15-8-7-14(12(2)3)10-16(15)13(4)5/h1,7-8,10,12-13H,9,11H2,2-5H3,(H,19,20). The van der Waals surface area contributed by atoms with E-state index in [2.05, 4.69) is 25.1 Å². The Hall–Kier alpha value is -2.28. The highest BCUT2D eigenvalue weighted by atomic mass is 16.5. The van der Waals surface area contributed by atoms with Crippen molar-refractivity contribution >= 4 is 11.9 Å². The number of terminal acetylenes is 1. The lowest BCUT2D eigenvalue weighted by molar-refractivity contribution is -0.123. The molecule has 0 saturated heterocycles. The monoisotopic (exact) mass is 301 g/mol. The van der Waals surface area contributed by atoms with E-state index in [0.717, 1.165) is 5.56 Å². The largest absolute Gasteiger partial charge is 0.452 e. The topological polar surface area (TPSA) is 55.4 Å². The van der Waals surface area contributed by atoms with Crippen LogP contribution in [0, 0.1) is 12.3 Å². The molecule has 1 amide bonds. The molecular weight excluding hydrogens is 278 g/mol. The minimum atomic E-state index is -0.491. The third-order valence-electron chi connectivity index (χ3n) is 3.31. The Bertz CT molecular complexity index is 582. The molecule has 118 valence electrons. The lowest BCUT2D eigenvalue weighted by Crippen LogP contribution is -2.29. The summed E-state index contributed by atoms with van der Waals surface area (Å²) in [5.41, 5.74) is 2.61. The normalized spacial score (nSPS) is 10.4. The van der Waals surface area contributed by atoms with Crippen LogP contribution >= 0.6 is 0 Å². The van der Waals surface area contributed by atoms with Gasteiger partial charge in [-0.3, -0.25) is 4.79 Å². The van der Waals surface area contributed by atoms with Crippen LogP contribution in [0.3, 0.4) is 0 Å². The molecule has 0 radical (unpaired) electrons. The molecule has 0 aliphatic carbocycles. The number of benzene rings is 1. The van der Waals surface area contributed by atoms with Gasteiger partial charge >= 0.3 is 5.97 Å². The van der Waals surface area contributed by atoms with Gasteiger partial charge in [0.1, 0.15) is 0 Å². The minimum Gasteiger partial charge on any atom is -0.452 e. The number of nitrogens with one attached hydrogen (secondary N) is 1. The first-order valence-corrected chi connectivity index (χ1v) is 7.38. The van der Waals surface area contributed by atoms with Crippen molar-refractivity contribution in [3.05, 3.63) is 34.9 Å². The molecule has 1 N–H and O–H groups in total. The molecule has 0 spiro atoms. The number of hydrogen-bond donors (Lipinski definition) is 1. The van der Waals surface area contributed by atoms with Crippen molar-refractivity contribution < 1.29 is 14.3 Å². The van der Waals surface area contributed by atoms with Crippen LogP contribution in [-0.4, -0.2) is 25.0 Å². The van der Waals surface area contributed by atoms with Crippen LogP contribution in [0.2, 0.25) is 0 Å². The fourth-order valence-corrected chi connectivity index (χ4v) is 2.01. The third-order valence-corrected chi connectivity index (χ3v) is 3.31. The summed E-state index contributed by atoms with van der Waals surface area (Å²) in [4.78, 5) is 23.6. The van der Waals surface area contributed by atoms with Gasteiger partial charge in [-0.15, -0.1) is 6.42 Å². The molecule has 4 heteroatoms. The summed E-state index contributed by atoms with van der Waals surface area (Å²) in [6.45, 7) is 8.05. The Kier molecular flexibility index (Phi) is 6.65. The van der Waals surface area contributed by atoms with Gasteiger partial charge in [0.15, 0.2) is 6.61 Å². The predicted octanol–water partition coefficient (Wildman–Crippen LogP) is 2.84. The van der Waals surface area contributed by atoms with Crippen LogP contribution in [0.4, 0.5) is 0 Å². The van der Waals surface area contributed by atoms with E-state index in [1.807, 2.05) is 26.0 Å². The van der Waals surface area contributed by atoms with Gasteiger partial charge in [-0.25, -0.2) is 4.79 Å². The van der Waals surface area contributed by atoms with Gasteiger partial charge in [-0.05, 0) is 29.0 Å². The Morgan fingerprint density at radius 2 is 1.91 bits per heavy atom. The first-order valence-electron chi connectivity index (χ1n) is 7.38. The summed E-state index contributed by atoms with van der Waals surface area (Å²) in [6, 6.07) is 5.72. The lowest BCUT2D eigenvalue weighted by Gasteiger charge is -2.15. The molecule has 0 fully saturated rings. The molecule has 0 atom stereocenters. The molecule has 0 aliphatic rings. The van der Waals surface area contributed by atoms with Crippen LogP contribution in [0.25, 0.3) is 0 Å². The summed E-state index contributed by atoms with van der Waals surface area (Å²) in [5, 5.41) is 2.45. The van der Waals surface area contributed by atoms with Gasteiger partial charge < -0.3 is 10.1 Å². The molecule has 0 bridgehead atoms. The quantitative estimate of drug-likeness (QED) is 0.649. The highest BCUT2D eigenvalue weighted by Gasteiger charge is 2.17. The van der Waals surface area contributed by atoms with E-state index in [-0.39, 0.29) is 19.1 Å². The van der Waals surface area contributed by atoms with Crippen LogP contribution in [0.15, 0.2) is 18.2 Å². The number of rotatable bonds is 6. The van der Waals surface area contributed by atoms with Crippen LogP contribution in [0.5, 0.6) is 0 Å². The van der Waals surface area contributed by atoms with Crippen LogP contribution in [0.1, 0.15) is 61.0 Å². The molecule has 0 aromatic heterocycles. The van der Waals surface area contributed by atoms with Crippen molar-refractivity contribution in [2.75, 3.05) is 13.2 Å². The number of amides is 1. The maximum absolute atomic E-state index is 12.2. The fraction of sp³-hybridized carbons (Fsp3) is 0.444. The maximum atomic E-state index is 12.2. The lowest BCUT2D eigenvalue weighted by atomic mass is 9.91. The summed E-state index contributed by atoms with van der Waals surface area (Å²) in [6.07, 6.45) is 5.04. The SMILES string of the molecule is C#CCNC(=O)COC(=O)c1ccc(C(C)C)cc1C(C)C. The van der Waals surface area contributed by atoms with Gasteiger partial charge in [-0.2, -0.15) is 0 Å². The van der Waals surface area contributed by atoms with Crippen molar-refractivity contribution in [1.29, 1.82) is 0 Å². The van der Waals surface area contributed by atoms with Gasteiger partial charge in [0.25, 0.3) is 5.91 Å². The van der Waals surface area contributed by atoms with Crippen molar-refractivity contribution in [1.82, 2.24) is 5.32 Å². The molecule has 0 aliphatic heterocycles. The molecule has 1 aromatic carbocycles. The second-order valence-electron chi connectivity index (χ2n) is 5.71. The average molecular weight is 301 g/mol. The number of carbonyl (C=O) groups excluding carboxylic acids is 2. The van der Waals surface area contributed by atoms with Crippen molar-refractivity contribution in [2.24, 2.45) is 0 Å². The summed E-state index contributed by atoms with van der Waals surface area (Å²) in [5.74, 6) is 1.97. The van der Waals surface area contributed by atoms with E-state index >= 15 is 0 Å². The van der Waals surface area contributed by atoms with E-state index in [1.165, 1.54) is 5.56 Å². The number of ether oxygens (including phenoxy) is 1. The smallest absolute Gasteiger partial charge is 0.338 e. The first kappa shape index (κ1) is 17.8. The molecule has 1 aromatic rings. The van der Waals surface area contributed by atoms with Crippen LogP contribution < -0.4 is 5.32 Å². The summed E-state index contributed by atoms with van der Waals surface area (Å²) < 4.78 is 5.06. The second-order valence-corrected chi connectivity index (χ2v) is 5.71. The predicted molar refractivity (Wildman–Crippen MR) is 86.7 cm³/mol. The Labute approximate surface area is 132 Å². The molecule has 4 nitrogen and oxygen atoms in total. The van der Waals surface area contributed by atoms with Crippen molar-refractivity contribution in [2.45, 2.75) is 39.5 Å². The highest BCUT2D eigenvalue weighted by Crippen LogP contribution is 2.25. The third kappa shape index (κ3) is 4.92. The maximum Gasteiger partial charge on any atom is 0.338 e. The summed E-state index contributed by atoms with van der Waals surface area (Å²) >= 11 is 0. The molecule has 0 heterocycles. The zero-order valence-corrected chi connectivity index (χ0v) is 13.6. The number of carbonyl (C=O) groups is 2. The zero-order chi connectivity index (χ0) is 16.7. The van der Waals surface area contributed by atoms with Gasteiger partial charge in [0, 0.05) is 0 Å². The summed E-state index contributed by atoms with van der Waals surface area (Å²) in [7, 11) is 0. The van der Waals surface area contributed by atoms with Crippen LogP contribution in [-0.2, 0) is 9.53 Å². The zero-order valence-electron chi connectivity index (χ0n) is 13.6. The fourth-order valence-electron chi connectivity index (χ4n) is 2.01. The Balaban J connectivity index is 2.85. The molecule has 0 unspecified atom stereocenters. The molecule has 1 rings (SSSR count). The molecule has 0 saturated carbocycles. The first-order chi connectivity index (χ1) is 10.4. The second kappa shape index (κ2) is 8.23. The van der Waals surface area contributed by atoms with Gasteiger partial charge in [-0.1, -0.05) is 45.7 Å². The average Bonchev–Trinajstić information content (AvgIpc) is 2.49. The molecule has 22 heavy (non-hydrogen) atoms. The van der Waals surface area contributed by atoms with Crippen molar-refractivity contribution in [3.63, 3.8) is 0 Å². The van der Waals surface area contributed by atoms with E-state index in [4.69, 9.17) is 11.2 Å². The van der Waals surface area contributed by atoms with Gasteiger partial charge in [0.05, 0.1) is 12.1 Å². The van der Waals surface area contributed by atoms with E-state index < -0.39 is 11.9 Å². The number of esters is 1. The van der Waals surface area contributed by atoms with Gasteiger partial charge in [0.2, 0.25) is 0 Å². The van der Waals surface area contributed by atoms with Crippen molar-refractivity contribution in [3.8, 4) is 12.3 Å². The molecular formula is C18H23NO3. The minimum absolute atomic E-state index is 0.122. The van der Waals surface area contributed by atoms with E-state index in [1.54, 1.807) is 6.07 Å².